The van der Waals surface area contributed by atoms with Crippen molar-refractivity contribution in [3.63, 3.8) is 0 Å². The van der Waals surface area contributed by atoms with Crippen molar-refractivity contribution >= 4 is 0 Å². The number of unbranched alkanes of at least 4 members (excludes halogenated alkanes) is 4. The first-order chi connectivity index (χ1) is 56.6. The molecule has 0 bridgehead atoms. The summed E-state index contributed by atoms with van der Waals surface area (Å²) in [5, 5.41) is 0. The van der Waals surface area contributed by atoms with Gasteiger partial charge in [-0.3, -0.25) is 0 Å². The van der Waals surface area contributed by atoms with Crippen LogP contribution in [0.4, 0.5) is 0 Å². The number of aryl methyl sites for hydroxylation is 1. The molecule has 0 radical (unpaired) electrons. The van der Waals surface area contributed by atoms with E-state index < -0.39 is 0 Å². The fourth-order valence-corrected chi connectivity index (χ4v) is 25.3. The lowest BCUT2D eigenvalue weighted by Gasteiger charge is -2.39. The Bertz CT molecular complexity index is 5060. The fraction of sp³-hybridized carbons (Fsp3) is 0.483. The van der Waals surface area contributed by atoms with Crippen LogP contribution in [0, 0.1) is 30.6 Å². The molecule has 0 aliphatic heterocycles. The molecule has 0 heteroatoms. The van der Waals surface area contributed by atoms with Crippen LogP contribution in [0.25, 0.3) is 100 Å². The fourth-order valence-electron chi connectivity index (χ4n) is 25.3. The van der Waals surface area contributed by atoms with E-state index in [1.54, 1.807) is 55.6 Å². The summed E-state index contributed by atoms with van der Waals surface area (Å²) >= 11 is 0. The van der Waals surface area contributed by atoms with E-state index in [0.29, 0.717) is 23.7 Å². The van der Waals surface area contributed by atoms with Crippen molar-refractivity contribution in [2.45, 2.75) is 336 Å². The molecule has 0 heterocycles. The van der Waals surface area contributed by atoms with Gasteiger partial charge in [0.1, 0.15) is 0 Å². The molecule has 0 N–H and O–H groups in total. The third-order valence-corrected chi connectivity index (χ3v) is 31.0. The van der Waals surface area contributed by atoms with Crippen molar-refractivity contribution in [3.05, 3.63) is 249 Å². The predicted molar refractivity (Wildman–Crippen MR) is 505 cm³/mol. The van der Waals surface area contributed by atoms with Gasteiger partial charge < -0.3 is 0 Å². The Kier molecular flexibility index (Phi) is 25.6. The minimum Gasteiger partial charge on any atom is -0.0654 e. The van der Waals surface area contributed by atoms with Gasteiger partial charge >= 0.3 is 0 Å². The van der Waals surface area contributed by atoms with E-state index >= 15 is 0 Å². The molecule has 10 aromatic rings. The maximum Gasteiger partial charge on any atom is 0.0220 e. The summed E-state index contributed by atoms with van der Waals surface area (Å²) in [6, 6.07) is 79.2. The van der Waals surface area contributed by atoms with Crippen molar-refractivity contribution in [2.24, 2.45) is 23.7 Å². The summed E-state index contributed by atoms with van der Waals surface area (Å²) in [7, 11) is 0. The van der Waals surface area contributed by atoms with Gasteiger partial charge in [-0.1, -0.05) is 383 Å². The van der Waals surface area contributed by atoms with Crippen LogP contribution in [0.5, 0.6) is 0 Å². The van der Waals surface area contributed by atoms with Gasteiger partial charge in [-0.15, -0.1) is 0 Å². The molecular weight excluding hydrogens is 1390 g/mol. The van der Waals surface area contributed by atoms with Gasteiger partial charge in [0, 0.05) is 27.1 Å². The predicted octanol–water partition coefficient (Wildman–Crippen LogP) is 35.2. The third-order valence-electron chi connectivity index (χ3n) is 31.0. The van der Waals surface area contributed by atoms with E-state index in [2.05, 4.69) is 292 Å². The molecule has 0 amide bonds. The number of hydrogen-bond donors (Lipinski definition) is 0. The Morgan fingerprint density at radius 1 is 0.198 bits per heavy atom. The molecule has 608 valence electrons. The molecule has 10 aromatic carbocycles. The van der Waals surface area contributed by atoms with Gasteiger partial charge in [-0.05, 0) is 299 Å². The summed E-state index contributed by atoms with van der Waals surface area (Å²) < 4.78 is 0. The van der Waals surface area contributed by atoms with Gasteiger partial charge in [-0.25, -0.2) is 0 Å². The van der Waals surface area contributed by atoms with E-state index in [9.17, 15) is 0 Å². The topological polar surface area (TPSA) is 0 Å². The molecule has 5 aliphatic carbocycles. The van der Waals surface area contributed by atoms with Crippen LogP contribution in [-0.2, 0) is 27.1 Å². The largest absolute Gasteiger partial charge is 0.0654 e. The maximum absolute atomic E-state index is 2.78. The monoisotopic (exact) mass is 1540 g/mol. The van der Waals surface area contributed by atoms with E-state index in [1.165, 1.54) is 260 Å². The molecule has 15 rings (SSSR count). The maximum atomic E-state index is 2.78. The summed E-state index contributed by atoms with van der Waals surface area (Å²) in [5.41, 5.74) is 42.5. The lowest BCUT2D eigenvalue weighted by Crippen LogP contribution is -2.31. The van der Waals surface area contributed by atoms with Crippen LogP contribution in [0.1, 0.15) is 364 Å². The van der Waals surface area contributed by atoms with E-state index in [4.69, 9.17) is 0 Å². The van der Waals surface area contributed by atoms with Gasteiger partial charge in [0.15, 0.2) is 0 Å². The van der Waals surface area contributed by atoms with Crippen molar-refractivity contribution in [1.29, 1.82) is 0 Å². The quantitative estimate of drug-likeness (QED) is 0.0359. The lowest BCUT2D eigenvalue weighted by molar-refractivity contribution is 0.266. The normalized spacial score (nSPS) is 18.0. The van der Waals surface area contributed by atoms with Crippen LogP contribution in [0.15, 0.2) is 188 Å². The van der Waals surface area contributed by atoms with Crippen LogP contribution < -0.4 is 0 Å². The number of hydrogen-bond acceptors (Lipinski definition) is 0. The first kappa shape index (κ1) is 83.3. The molecule has 0 fully saturated rings. The molecule has 4 unspecified atom stereocenters. The molecule has 0 saturated carbocycles. The van der Waals surface area contributed by atoms with Gasteiger partial charge in [0.2, 0.25) is 0 Å². The Morgan fingerprint density at radius 3 is 0.621 bits per heavy atom. The van der Waals surface area contributed by atoms with Crippen molar-refractivity contribution in [1.82, 2.24) is 0 Å². The van der Waals surface area contributed by atoms with Gasteiger partial charge in [-0.2, -0.15) is 0 Å². The highest BCUT2D eigenvalue weighted by atomic mass is 14.5. The standard InChI is InChI=1S/C116H144/c1-16-30-36-80(26-11)75-115(76-81(27-12)37-31-17-2)103-66-79(15)42-51-93(103)99-57-48-89(72-109(99)115)86-45-54-97-98-56-47-88(71-108(98)114(64-24-9,65-25-10)106(97)69-86)91-50-59-101-100-58-49-90(73-110(100)116(111(101)74-91,77-82(28-13)38-32-18-3)78-83(29-14)39-33-19-4)87-46-55-96-95-53-44-85(68-105(95)113(62-22-7,63-23-8)107(96)70-87)84-43-52-94-92-40-34-35-41-102(92)112(60-20-5,61-21-6)104(94)67-84/h34-35,40-59,66-74,80-83H,16-33,36-39,60-65,75-78H2,1-15H3. The summed E-state index contributed by atoms with van der Waals surface area (Å²) in [6.45, 7) is 36.5. The average molecular weight is 1540 g/mol. The number of benzene rings is 10. The Balaban J connectivity index is 0.823. The molecule has 116 heavy (non-hydrogen) atoms. The van der Waals surface area contributed by atoms with Crippen LogP contribution >= 0.6 is 0 Å². The Labute approximate surface area is 704 Å². The van der Waals surface area contributed by atoms with E-state index in [1.807, 2.05) is 0 Å². The second-order valence-electron chi connectivity index (χ2n) is 38.1. The Morgan fingerprint density at radius 2 is 0.397 bits per heavy atom. The molecule has 0 nitrogen and oxygen atoms in total. The summed E-state index contributed by atoms with van der Waals surface area (Å²) in [4.78, 5) is 0. The molecule has 5 aliphatic rings. The summed E-state index contributed by atoms with van der Waals surface area (Å²) in [6.07, 6.45) is 39.0. The zero-order valence-electron chi connectivity index (χ0n) is 74.8. The average Bonchev–Trinajstić information content (AvgIpc) is 1.57. The zero-order valence-corrected chi connectivity index (χ0v) is 74.8. The number of fused-ring (bicyclic) bond motifs is 15. The van der Waals surface area contributed by atoms with Crippen molar-refractivity contribution < 1.29 is 0 Å². The zero-order chi connectivity index (χ0) is 81.1. The molecule has 0 saturated heterocycles. The first-order valence-electron chi connectivity index (χ1n) is 48.1. The second kappa shape index (κ2) is 35.6. The highest BCUT2D eigenvalue weighted by Gasteiger charge is 2.50. The molecule has 0 aromatic heterocycles. The number of rotatable bonds is 40. The van der Waals surface area contributed by atoms with Gasteiger partial charge in [0.25, 0.3) is 0 Å². The highest BCUT2D eigenvalue weighted by molar-refractivity contribution is 5.93. The van der Waals surface area contributed by atoms with Crippen LogP contribution in [0.2, 0.25) is 0 Å². The molecule has 4 atom stereocenters. The van der Waals surface area contributed by atoms with E-state index in [0.717, 1.165) is 51.4 Å². The minimum absolute atomic E-state index is 0.00835. The van der Waals surface area contributed by atoms with E-state index in [-0.39, 0.29) is 27.1 Å². The molecule has 0 spiro atoms. The van der Waals surface area contributed by atoms with Crippen molar-refractivity contribution in [2.75, 3.05) is 0 Å². The highest BCUT2D eigenvalue weighted by Crippen LogP contribution is 2.64. The lowest BCUT2D eigenvalue weighted by atomic mass is 9.64. The van der Waals surface area contributed by atoms with Crippen LogP contribution in [0.3, 0.4) is 0 Å². The molecular formula is C116H144. The second-order valence-corrected chi connectivity index (χ2v) is 38.1. The minimum atomic E-state index is -0.139. The van der Waals surface area contributed by atoms with Gasteiger partial charge in [0.05, 0.1) is 0 Å². The smallest absolute Gasteiger partial charge is 0.0220 e. The third kappa shape index (κ3) is 14.6. The SMILES string of the molecule is CCCCC(CC)CC1(CC(CC)CCCC)c2cc(C)ccc2-c2ccc(-c3ccc4c(c3)C(CCC)(CCC)c3cc(-c5ccc6c(c5)C(CC(CC)CCCC)(CC(CC)CCCC)c5cc(-c7ccc8c(c7)C(CCC)(CCC)c7cc(-c9ccc%10c(c9)C(CCC)(CCC)c9ccccc9-%10)ccc7-8)ccc5-6)ccc3-4)cc21. The first-order valence-corrected chi connectivity index (χ1v) is 48.1. The Hall–Kier alpha value is -7.80. The van der Waals surface area contributed by atoms with Crippen molar-refractivity contribution in [3.8, 4) is 100 Å². The van der Waals surface area contributed by atoms with Crippen LogP contribution in [-0.4, -0.2) is 0 Å². The summed E-state index contributed by atoms with van der Waals surface area (Å²) in [5.74, 6) is 2.64.